The molecule has 0 bridgehead atoms. The molecule has 1 aliphatic rings. The van der Waals surface area contributed by atoms with Gasteiger partial charge in [-0.1, -0.05) is 95.3 Å². The first-order valence-electron chi connectivity index (χ1n) is 10.2. The second-order valence-electron chi connectivity index (χ2n) is 7.75. The second-order valence-corrected chi connectivity index (χ2v) is 10.1. The quantitative estimate of drug-likeness (QED) is 0.323. The van der Waals surface area contributed by atoms with Crippen LogP contribution in [-0.2, 0) is 17.3 Å². The van der Waals surface area contributed by atoms with Gasteiger partial charge in [-0.05, 0) is 68.4 Å². The van der Waals surface area contributed by atoms with Gasteiger partial charge >= 0.3 is 27.0 Å². The van der Waals surface area contributed by atoms with Crippen molar-refractivity contribution in [1.82, 2.24) is 4.90 Å². The Morgan fingerprint density at radius 3 is 1.20 bits per heavy atom. The first-order valence-corrected chi connectivity index (χ1v) is 13.9. The second kappa shape index (κ2) is 14.7. The average Bonchev–Trinajstić information content (AvgIpc) is 2.95. The van der Waals surface area contributed by atoms with Crippen LogP contribution in [0.1, 0.15) is 34.6 Å². The Balaban J connectivity index is 0.000000318. The van der Waals surface area contributed by atoms with Gasteiger partial charge < -0.3 is 4.90 Å². The van der Waals surface area contributed by atoms with E-state index in [9.17, 15) is 0 Å². The summed E-state index contributed by atoms with van der Waals surface area (Å²) in [7, 11) is 8.63. The van der Waals surface area contributed by atoms with Gasteiger partial charge in [-0.25, -0.2) is 0 Å². The van der Waals surface area contributed by atoms with Crippen LogP contribution in [0.3, 0.4) is 0 Å². The molecule has 4 heteroatoms. The van der Waals surface area contributed by atoms with E-state index in [0.717, 1.165) is 6.54 Å². The van der Waals surface area contributed by atoms with E-state index in [4.69, 9.17) is 0 Å². The summed E-state index contributed by atoms with van der Waals surface area (Å²) in [4.78, 5) is 2.27. The number of hydrogen-bond acceptors (Lipinski definition) is 1. The zero-order chi connectivity index (χ0) is 22.7. The standard InChI is InChI=1S/C16H20NP.C10H15.ClH.Ru/c1-17(2)13-14-18(15-9-5-3-6-10-15)16-11-7-4-8-12-16;1-6-7(2)9(4)10(5)8(6)3;;/h3-12H,13-14H2,1-2H3;1-5H3;1H;/q;;;+2/p-1. The van der Waals surface area contributed by atoms with Crippen LogP contribution in [0.25, 0.3) is 0 Å². The Morgan fingerprint density at radius 1 is 0.633 bits per heavy atom. The molecule has 0 atom stereocenters. The van der Waals surface area contributed by atoms with Crippen LogP contribution in [0.5, 0.6) is 0 Å². The molecule has 0 heterocycles. The monoisotopic (exact) mass is 529 g/mol. The van der Waals surface area contributed by atoms with Gasteiger partial charge in [-0.2, -0.15) is 0 Å². The van der Waals surface area contributed by atoms with Crippen LogP contribution in [0.2, 0.25) is 0 Å². The summed E-state index contributed by atoms with van der Waals surface area (Å²) in [5.74, 6) is 7.34. The molecule has 0 N–H and O–H groups in total. The summed E-state index contributed by atoms with van der Waals surface area (Å²) in [5, 5.41) is 2.95. The molecular formula is C26H35ClNPRu+. The average molecular weight is 529 g/mol. The Labute approximate surface area is 201 Å². The predicted molar refractivity (Wildman–Crippen MR) is 133 cm³/mol. The van der Waals surface area contributed by atoms with E-state index in [2.05, 4.69) is 124 Å². The van der Waals surface area contributed by atoms with Crippen LogP contribution in [0, 0.1) is 29.6 Å². The van der Waals surface area contributed by atoms with Gasteiger partial charge in [0.05, 0.1) is 0 Å². The zero-order valence-electron chi connectivity index (χ0n) is 19.3. The van der Waals surface area contributed by atoms with Crippen LogP contribution in [0.4, 0.5) is 0 Å². The van der Waals surface area contributed by atoms with E-state index < -0.39 is 0 Å². The van der Waals surface area contributed by atoms with Crippen molar-refractivity contribution in [2.45, 2.75) is 34.6 Å². The predicted octanol–water partition coefficient (Wildman–Crippen LogP) is 6.34. The SMILES string of the molecule is CN(C)CCP(c1ccccc1)c1ccccc1.C[C]1[C](C)[C](C)[C](C)[C]1C.[Cl][Ru+]. The number of rotatable bonds is 5. The molecule has 1 nitrogen and oxygen atoms in total. The van der Waals surface area contributed by atoms with Gasteiger partial charge in [0.25, 0.3) is 0 Å². The number of nitrogens with zero attached hydrogens (tertiary/aromatic N) is 1. The first kappa shape index (κ1) is 27.8. The molecule has 0 spiro atoms. The van der Waals surface area contributed by atoms with Gasteiger partial charge in [0.15, 0.2) is 0 Å². The Kier molecular flexibility index (Phi) is 13.6. The van der Waals surface area contributed by atoms with Gasteiger partial charge in [0, 0.05) is 6.54 Å². The molecule has 0 unspecified atom stereocenters. The van der Waals surface area contributed by atoms with Crippen molar-refractivity contribution < 1.29 is 17.3 Å². The molecule has 2 aromatic carbocycles. The summed E-state index contributed by atoms with van der Waals surface area (Å²) in [5.41, 5.74) is 0. The van der Waals surface area contributed by atoms with Crippen LogP contribution in [0.15, 0.2) is 60.7 Å². The van der Waals surface area contributed by atoms with Crippen molar-refractivity contribution in [1.29, 1.82) is 0 Å². The van der Waals surface area contributed by atoms with E-state index in [-0.39, 0.29) is 7.92 Å². The van der Waals surface area contributed by atoms with E-state index >= 15 is 0 Å². The van der Waals surface area contributed by atoms with Crippen molar-refractivity contribution >= 4 is 28.2 Å². The van der Waals surface area contributed by atoms with E-state index in [1.165, 1.54) is 46.4 Å². The van der Waals surface area contributed by atoms with E-state index in [0.29, 0.717) is 0 Å². The van der Waals surface area contributed by atoms with Crippen molar-refractivity contribution in [3.8, 4) is 0 Å². The molecule has 3 rings (SSSR count). The van der Waals surface area contributed by atoms with E-state index in [1.807, 2.05) is 17.3 Å². The third-order valence-corrected chi connectivity index (χ3v) is 8.21. The molecule has 5 radical (unpaired) electrons. The van der Waals surface area contributed by atoms with Crippen molar-refractivity contribution in [2.75, 3.05) is 26.8 Å². The molecule has 0 saturated heterocycles. The maximum atomic E-state index is 4.57. The fraction of sp³-hybridized carbons (Fsp3) is 0.346. The topological polar surface area (TPSA) is 3.24 Å². The van der Waals surface area contributed by atoms with E-state index in [1.54, 1.807) is 0 Å². The fourth-order valence-corrected chi connectivity index (χ4v) is 5.81. The summed E-state index contributed by atoms with van der Waals surface area (Å²) in [6, 6.07) is 21.8. The van der Waals surface area contributed by atoms with Crippen molar-refractivity contribution in [2.24, 2.45) is 0 Å². The third kappa shape index (κ3) is 8.35. The Hall–Kier alpha value is -0.257. The summed E-state index contributed by atoms with van der Waals surface area (Å²) in [6.45, 7) is 12.1. The van der Waals surface area contributed by atoms with Crippen molar-refractivity contribution in [3.63, 3.8) is 0 Å². The fourth-order valence-electron chi connectivity index (χ4n) is 3.33. The normalized spacial score (nSPS) is 16.4. The molecule has 0 aromatic heterocycles. The van der Waals surface area contributed by atoms with Gasteiger partial charge in [0.2, 0.25) is 0 Å². The van der Waals surface area contributed by atoms with Gasteiger partial charge in [0.1, 0.15) is 0 Å². The van der Waals surface area contributed by atoms with Gasteiger partial charge in [-0.15, -0.1) is 0 Å². The molecule has 2 aromatic rings. The third-order valence-electron chi connectivity index (χ3n) is 5.72. The number of hydrogen-bond donors (Lipinski definition) is 0. The minimum atomic E-state index is -0.225. The number of halogens is 1. The Morgan fingerprint density at radius 2 is 0.933 bits per heavy atom. The zero-order valence-corrected chi connectivity index (χ0v) is 22.7. The summed E-state index contributed by atoms with van der Waals surface area (Å²) >= 11 is 1.82. The van der Waals surface area contributed by atoms with Crippen LogP contribution >= 0.6 is 17.6 Å². The maximum absolute atomic E-state index is 4.57. The molecule has 0 aliphatic heterocycles. The Bertz CT molecular complexity index is 598. The molecule has 30 heavy (non-hydrogen) atoms. The molecule has 1 saturated carbocycles. The molecule has 1 fully saturated rings. The number of benzene rings is 2. The van der Waals surface area contributed by atoms with Crippen LogP contribution < -0.4 is 10.6 Å². The van der Waals surface area contributed by atoms with Crippen molar-refractivity contribution in [3.05, 3.63) is 90.3 Å². The summed E-state index contributed by atoms with van der Waals surface area (Å²) < 4.78 is 0. The molecule has 0 amide bonds. The summed E-state index contributed by atoms with van der Waals surface area (Å²) in [6.07, 6.45) is 1.22. The first-order chi connectivity index (χ1) is 14.3. The van der Waals surface area contributed by atoms with Crippen LogP contribution in [-0.4, -0.2) is 31.7 Å². The molecular weight excluding hydrogens is 494 g/mol. The molecule has 1 aliphatic carbocycles. The minimum absolute atomic E-state index is 0.225. The van der Waals surface area contributed by atoms with Gasteiger partial charge in [-0.3, -0.25) is 0 Å². The molecule has 163 valence electrons.